The first-order valence-electron chi connectivity index (χ1n) is 12.1. The first-order chi connectivity index (χ1) is 18.6. The molecule has 0 radical (unpaired) electrons. The van der Waals surface area contributed by atoms with Gasteiger partial charge in [-0.15, -0.1) is 16.4 Å². The molecule has 2 amide bonds. The summed E-state index contributed by atoms with van der Waals surface area (Å²) >= 11 is 17.6. The standard InChI is InChI=1S/C27H26BrCl2N5O3S/c1-15(2)6-7-16(3)32-26(36)19-11-17(29)12-20(28)24(19)33-27(37)22-13-23(38-18-8-10-39-14-18)34-35(22)25-21(30)5-4-9-31-25/h4-5,8-16H,6-7H2,1-3H3,(H,32,36)(H,33,37). The molecule has 1 atom stereocenters. The van der Waals surface area contributed by atoms with Crippen LogP contribution in [0.4, 0.5) is 5.69 Å². The minimum Gasteiger partial charge on any atom is -0.437 e. The molecule has 12 heteroatoms. The number of thiophene rings is 1. The summed E-state index contributed by atoms with van der Waals surface area (Å²) in [6, 6.07) is 9.65. The lowest BCUT2D eigenvalue weighted by Gasteiger charge is -2.18. The van der Waals surface area contributed by atoms with Crippen molar-refractivity contribution < 1.29 is 14.3 Å². The fourth-order valence-electron chi connectivity index (χ4n) is 3.71. The minimum atomic E-state index is -0.561. The topological polar surface area (TPSA) is 98.1 Å². The number of hydrogen-bond acceptors (Lipinski definition) is 6. The third kappa shape index (κ3) is 7.39. The van der Waals surface area contributed by atoms with E-state index in [2.05, 4.69) is 50.5 Å². The Labute approximate surface area is 248 Å². The summed E-state index contributed by atoms with van der Waals surface area (Å²) in [4.78, 5) is 31.2. The quantitative estimate of drug-likeness (QED) is 0.181. The van der Waals surface area contributed by atoms with Crippen molar-refractivity contribution in [2.24, 2.45) is 5.92 Å². The zero-order valence-electron chi connectivity index (χ0n) is 21.4. The summed E-state index contributed by atoms with van der Waals surface area (Å²) < 4.78 is 7.57. The lowest BCUT2D eigenvalue weighted by atomic mass is 10.0. The van der Waals surface area contributed by atoms with Crippen LogP contribution in [0, 0.1) is 5.92 Å². The summed E-state index contributed by atoms with van der Waals surface area (Å²) in [7, 11) is 0. The third-order valence-electron chi connectivity index (χ3n) is 5.67. The molecule has 0 aliphatic carbocycles. The zero-order valence-corrected chi connectivity index (χ0v) is 25.3. The van der Waals surface area contributed by atoms with Crippen LogP contribution in [0.15, 0.2) is 57.8 Å². The van der Waals surface area contributed by atoms with Crippen molar-refractivity contribution >= 4 is 68.0 Å². The van der Waals surface area contributed by atoms with Crippen molar-refractivity contribution in [1.29, 1.82) is 0 Å². The second kappa shape index (κ2) is 13.0. The number of carbonyl (C=O) groups is 2. The van der Waals surface area contributed by atoms with Crippen molar-refractivity contribution in [2.45, 2.75) is 39.7 Å². The van der Waals surface area contributed by atoms with Crippen LogP contribution in [0.3, 0.4) is 0 Å². The number of pyridine rings is 1. The lowest BCUT2D eigenvalue weighted by Crippen LogP contribution is -2.33. The Kier molecular flexibility index (Phi) is 9.66. The Morgan fingerprint density at radius 1 is 1.13 bits per heavy atom. The van der Waals surface area contributed by atoms with Crippen LogP contribution < -0.4 is 15.4 Å². The number of hydrogen-bond donors (Lipinski definition) is 2. The molecule has 0 saturated heterocycles. The van der Waals surface area contributed by atoms with Crippen molar-refractivity contribution in [3.05, 3.63) is 79.1 Å². The van der Waals surface area contributed by atoms with Crippen molar-refractivity contribution in [3.63, 3.8) is 0 Å². The van der Waals surface area contributed by atoms with E-state index in [1.807, 2.05) is 17.7 Å². The van der Waals surface area contributed by atoms with Gasteiger partial charge in [-0.1, -0.05) is 37.0 Å². The predicted molar refractivity (Wildman–Crippen MR) is 159 cm³/mol. The van der Waals surface area contributed by atoms with Gasteiger partial charge < -0.3 is 15.4 Å². The maximum Gasteiger partial charge on any atom is 0.274 e. The van der Waals surface area contributed by atoms with Gasteiger partial charge in [0.05, 0.1) is 16.3 Å². The van der Waals surface area contributed by atoms with Crippen LogP contribution in [-0.4, -0.2) is 32.6 Å². The van der Waals surface area contributed by atoms with Crippen LogP contribution in [-0.2, 0) is 0 Å². The molecule has 0 fully saturated rings. The Morgan fingerprint density at radius 2 is 1.92 bits per heavy atom. The maximum atomic E-state index is 13.7. The van der Waals surface area contributed by atoms with E-state index in [9.17, 15) is 9.59 Å². The second-order valence-electron chi connectivity index (χ2n) is 9.26. The number of halogens is 3. The Hall–Kier alpha value is -2.92. The highest BCUT2D eigenvalue weighted by atomic mass is 79.9. The smallest absolute Gasteiger partial charge is 0.274 e. The van der Waals surface area contributed by atoms with Crippen LogP contribution in [0.1, 0.15) is 54.5 Å². The van der Waals surface area contributed by atoms with Crippen molar-refractivity contribution in [2.75, 3.05) is 5.32 Å². The summed E-state index contributed by atoms with van der Waals surface area (Å²) in [6.07, 6.45) is 3.34. The number of aromatic nitrogens is 3. The van der Waals surface area contributed by atoms with E-state index < -0.39 is 5.91 Å². The molecule has 1 aromatic carbocycles. The number of amides is 2. The highest BCUT2D eigenvalue weighted by Crippen LogP contribution is 2.32. The molecule has 3 aromatic heterocycles. The average molecular weight is 651 g/mol. The van der Waals surface area contributed by atoms with Gasteiger partial charge in [0.2, 0.25) is 5.88 Å². The zero-order chi connectivity index (χ0) is 28.1. The van der Waals surface area contributed by atoms with E-state index in [0.717, 1.165) is 12.8 Å². The molecule has 3 heterocycles. The molecule has 39 heavy (non-hydrogen) atoms. The molecule has 0 aliphatic rings. The molecule has 1 unspecified atom stereocenters. The number of nitrogens with zero attached hydrogens (tertiary/aromatic N) is 3. The molecular weight excluding hydrogens is 625 g/mol. The van der Waals surface area contributed by atoms with Crippen molar-refractivity contribution in [3.8, 4) is 17.4 Å². The molecule has 4 aromatic rings. The number of anilines is 1. The minimum absolute atomic E-state index is 0.0641. The Morgan fingerprint density at radius 3 is 2.62 bits per heavy atom. The first-order valence-corrected chi connectivity index (χ1v) is 14.6. The second-order valence-corrected chi connectivity index (χ2v) is 11.7. The summed E-state index contributed by atoms with van der Waals surface area (Å²) in [5, 5.41) is 14.6. The van der Waals surface area contributed by atoms with Gasteiger partial charge in [0.25, 0.3) is 11.8 Å². The molecule has 4 rings (SSSR count). The van der Waals surface area contributed by atoms with E-state index in [0.29, 0.717) is 26.2 Å². The van der Waals surface area contributed by atoms with Gasteiger partial charge >= 0.3 is 0 Å². The van der Waals surface area contributed by atoms with Gasteiger partial charge in [-0.2, -0.15) is 0 Å². The van der Waals surface area contributed by atoms with Gasteiger partial charge in [-0.3, -0.25) is 9.59 Å². The third-order valence-corrected chi connectivity index (χ3v) is 7.47. The highest BCUT2D eigenvalue weighted by molar-refractivity contribution is 9.10. The number of carbonyl (C=O) groups excluding carboxylic acids is 2. The Bertz CT molecular complexity index is 1480. The summed E-state index contributed by atoms with van der Waals surface area (Å²) in [5.74, 6) is 0.603. The monoisotopic (exact) mass is 649 g/mol. The van der Waals surface area contributed by atoms with Gasteiger partial charge in [-0.05, 0) is 77.3 Å². The average Bonchev–Trinajstić information content (AvgIpc) is 3.55. The molecule has 2 N–H and O–H groups in total. The molecule has 0 saturated carbocycles. The fraction of sp³-hybridized carbons (Fsp3) is 0.259. The molecular formula is C27H26BrCl2N5O3S. The van der Waals surface area contributed by atoms with E-state index in [1.54, 1.807) is 30.5 Å². The Balaban J connectivity index is 1.67. The number of ether oxygens (including phenoxy) is 1. The van der Waals surface area contributed by atoms with Crippen LogP contribution >= 0.6 is 50.5 Å². The summed E-state index contributed by atoms with van der Waals surface area (Å²) in [5.41, 5.74) is 0.577. The van der Waals surface area contributed by atoms with E-state index in [1.165, 1.54) is 28.2 Å². The van der Waals surface area contributed by atoms with Gasteiger partial charge in [0, 0.05) is 33.2 Å². The maximum absolute atomic E-state index is 13.7. The predicted octanol–water partition coefficient (Wildman–Crippen LogP) is 8.00. The fourth-order valence-corrected chi connectivity index (χ4v) is 5.37. The normalized spacial score (nSPS) is 11.9. The molecule has 8 nitrogen and oxygen atoms in total. The first kappa shape index (κ1) is 29.1. The lowest BCUT2D eigenvalue weighted by molar-refractivity contribution is 0.0938. The van der Waals surface area contributed by atoms with Gasteiger partial charge in [-0.25, -0.2) is 9.67 Å². The van der Waals surface area contributed by atoms with E-state index in [-0.39, 0.29) is 40.6 Å². The van der Waals surface area contributed by atoms with Crippen LogP contribution in [0.25, 0.3) is 5.82 Å². The van der Waals surface area contributed by atoms with Crippen LogP contribution in [0.2, 0.25) is 10.0 Å². The highest BCUT2D eigenvalue weighted by Gasteiger charge is 2.24. The number of rotatable bonds is 10. The summed E-state index contributed by atoms with van der Waals surface area (Å²) in [6.45, 7) is 6.22. The van der Waals surface area contributed by atoms with Gasteiger partial charge in [0.1, 0.15) is 11.4 Å². The SMILES string of the molecule is CC(C)CCC(C)NC(=O)c1cc(Cl)cc(Br)c1NC(=O)c1cc(Oc2ccsc2)nn1-c1ncccc1Cl. The molecule has 0 bridgehead atoms. The number of benzene rings is 1. The van der Waals surface area contributed by atoms with E-state index in [4.69, 9.17) is 27.9 Å². The largest absolute Gasteiger partial charge is 0.437 e. The van der Waals surface area contributed by atoms with Gasteiger partial charge in [0.15, 0.2) is 5.82 Å². The number of nitrogens with one attached hydrogen (secondary N) is 2. The van der Waals surface area contributed by atoms with Crippen LogP contribution in [0.5, 0.6) is 11.6 Å². The van der Waals surface area contributed by atoms with Crippen molar-refractivity contribution in [1.82, 2.24) is 20.1 Å². The molecule has 0 aliphatic heterocycles. The van der Waals surface area contributed by atoms with E-state index >= 15 is 0 Å². The molecule has 204 valence electrons. The molecule has 0 spiro atoms.